The summed E-state index contributed by atoms with van der Waals surface area (Å²) >= 11 is 0. The number of nitrogens with two attached hydrogens (primary N) is 1. The topological polar surface area (TPSA) is 102 Å². The summed E-state index contributed by atoms with van der Waals surface area (Å²) in [5.41, 5.74) is 9.38. The molecular weight excluding hydrogens is 440 g/mol. The van der Waals surface area contributed by atoms with Crippen molar-refractivity contribution in [3.63, 3.8) is 0 Å². The minimum absolute atomic E-state index is 0.225. The highest BCUT2D eigenvalue weighted by Gasteiger charge is 2.27. The number of nitrogens with one attached hydrogen (secondary N) is 1. The van der Waals surface area contributed by atoms with Crippen LogP contribution in [0.5, 0.6) is 5.75 Å². The van der Waals surface area contributed by atoms with E-state index in [1.165, 1.54) is 0 Å². The highest BCUT2D eigenvalue weighted by Crippen LogP contribution is 2.18. The van der Waals surface area contributed by atoms with Gasteiger partial charge in [0.15, 0.2) is 0 Å². The Kier molecular flexibility index (Phi) is 8.53. The number of phenolic OH excluding ortho intramolecular Hbond substituents is 1. The Bertz CT molecular complexity index is 1140. The first kappa shape index (κ1) is 25.8. The lowest BCUT2D eigenvalue weighted by atomic mass is 10.0. The van der Waals surface area contributed by atoms with Crippen LogP contribution >= 0.6 is 0 Å². The van der Waals surface area contributed by atoms with E-state index in [-0.39, 0.29) is 11.7 Å². The fraction of sp³-hybridized carbons (Fsp3) is 0.310. The van der Waals surface area contributed by atoms with Crippen LogP contribution in [0, 0.1) is 0 Å². The number of hydrogen-bond donors (Lipinski definition) is 3. The minimum atomic E-state index is -0.788. The number of rotatable bonds is 9. The van der Waals surface area contributed by atoms with Crippen molar-refractivity contribution in [2.24, 2.45) is 0 Å². The molecule has 0 aromatic heterocycles. The zero-order chi connectivity index (χ0) is 25.4. The monoisotopic (exact) mass is 474 g/mol. The number of ether oxygens (including phenoxy) is 1. The second-order valence-electron chi connectivity index (χ2n) is 9.71. The van der Waals surface area contributed by atoms with Gasteiger partial charge in [0.2, 0.25) is 0 Å². The predicted molar refractivity (Wildman–Crippen MR) is 138 cm³/mol. The van der Waals surface area contributed by atoms with Crippen LogP contribution in [0.3, 0.4) is 0 Å². The van der Waals surface area contributed by atoms with Crippen LogP contribution in [0.2, 0.25) is 0 Å². The van der Waals surface area contributed by atoms with Gasteiger partial charge in [0.25, 0.3) is 5.91 Å². The molecule has 0 heterocycles. The molecule has 1 amide bonds. The largest absolute Gasteiger partial charge is 0.508 e. The zero-order valence-electron chi connectivity index (χ0n) is 20.6. The van der Waals surface area contributed by atoms with Crippen LogP contribution in [-0.2, 0) is 28.8 Å². The number of nitrogen functional groups attached to an aromatic ring is 1. The van der Waals surface area contributed by atoms with Crippen molar-refractivity contribution in [2.45, 2.75) is 58.1 Å². The molecule has 0 radical (unpaired) electrons. The van der Waals surface area contributed by atoms with Crippen molar-refractivity contribution in [1.29, 1.82) is 0 Å². The fourth-order valence-corrected chi connectivity index (χ4v) is 3.76. The molecule has 6 nitrogen and oxygen atoms in total. The third kappa shape index (κ3) is 8.49. The molecule has 3 rings (SSSR count). The molecule has 3 aromatic carbocycles. The molecule has 0 spiro atoms. The van der Waals surface area contributed by atoms with E-state index in [0.717, 1.165) is 23.1 Å². The van der Waals surface area contributed by atoms with Crippen LogP contribution < -0.4 is 11.1 Å². The third-order valence-corrected chi connectivity index (χ3v) is 5.48. The normalized spacial score (nSPS) is 12.1. The van der Waals surface area contributed by atoms with Crippen molar-refractivity contribution >= 4 is 17.6 Å². The Morgan fingerprint density at radius 3 is 2.17 bits per heavy atom. The molecule has 4 N–H and O–H groups in total. The van der Waals surface area contributed by atoms with Crippen molar-refractivity contribution in [3.05, 3.63) is 95.1 Å². The van der Waals surface area contributed by atoms with Gasteiger partial charge in [-0.3, -0.25) is 4.79 Å². The summed E-state index contributed by atoms with van der Waals surface area (Å²) in [5, 5.41) is 12.3. The Labute approximate surface area is 207 Å². The van der Waals surface area contributed by atoms with Gasteiger partial charge in [-0.25, -0.2) is 4.79 Å². The highest BCUT2D eigenvalue weighted by molar-refractivity contribution is 5.97. The molecule has 3 aromatic rings. The van der Waals surface area contributed by atoms with Gasteiger partial charge in [-0.1, -0.05) is 42.5 Å². The number of benzene rings is 3. The van der Waals surface area contributed by atoms with E-state index < -0.39 is 17.6 Å². The van der Waals surface area contributed by atoms with Gasteiger partial charge in [-0.05, 0) is 93.5 Å². The van der Waals surface area contributed by atoms with Gasteiger partial charge >= 0.3 is 5.97 Å². The summed E-state index contributed by atoms with van der Waals surface area (Å²) in [7, 11) is 0. The molecular formula is C29H34N2O4. The first-order valence-corrected chi connectivity index (χ1v) is 11.8. The predicted octanol–water partition coefficient (Wildman–Crippen LogP) is 4.83. The molecule has 0 bridgehead atoms. The van der Waals surface area contributed by atoms with E-state index in [4.69, 9.17) is 10.5 Å². The van der Waals surface area contributed by atoms with Crippen LogP contribution in [0.25, 0.3) is 0 Å². The number of anilines is 1. The number of esters is 1. The number of carbonyl (C=O) groups is 2. The fourth-order valence-electron chi connectivity index (χ4n) is 3.76. The molecule has 0 aliphatic carbocycles. The lowest BCUT2D eigenvalue weighted by Crippen LogP contribution is -2.44. The summed E-state index contributed by atoms with van der Waals surface area (Å²) in [6.45, 7) is 5.41. The van der Waals surface area contributed by atoms with E-state index in [9.17, 15) is 14.7 Å². The number of aromatic hydroxyl groups is 1. The number of phenols is 1. The third-order valence-electron chi connectivity index (χ3n) is 5.48. The summed E-state index contributed by atoms with van der Waals surface area (Å²) < 4.78 is 5.57. The SMILES string of the molecule is CC(C)(C)OC(=O)[C@H](CCc1ccccc1)NC(=O)c1cc(N)cc(CCc2ccc(O)cc2)c1. The van der Waals surface area contributed by atoms with Crippen molar-refractivity contribution in [1.82, 2.24) is 5.32 Å². The van der Waals surface area contributed by atoms with Gasteiger partial charge in [0, 0.05) is 11.3 Å². The standard InChI is InChI=1S/C29H34N2O4/c1-29(2,3)35-28(34)26(16-13-20-7-5-4-6-8-20)31-27(33)23-17-22(18-24(30)19-23)10-9-21-11-14-25(32)15-12-21/h4-8,11-12,14-15,17-19,26,32H,9-10,13,16,30H2,1-3H3,(H,31,33)/t26-/m0/s1. The first-order chi connectivity index (χ1) is 16.6. The van der Waals surface area contributed by atoms with Crippen LogP contribution in [0.15, 0.2) is 72.8 Å². The Balaban J connectivity index is 1.72. The average molecular weight is 475 g/mol. The molecule has 0 saturated carbocycles. The summed E-state index contributed by atoms with van der Waals surface area (Å²) in [4.78, 5) is 26.0. The second kappa shape index (κ2) is 11.6. The van der Waals surface area contributed by atoms with E-state index >= 15 is 0 Å². The van der Waals surface area contributed by atoms with Crippen molar-refractivity contribution in [3.8, 4) is 5.75 Å². The van der Waals surface area contributed by atoms with Gasteiger partial charge < -0.3 is 20.9 Å². The summed E-state index contributed by atoms with van der Waals surface area (Å²) in [5.74, 6) is -0.603. The Morgan fingerprint density at radius 2 is 1.51 bits per heavy atom. The lowest BCUT2D eigenvalue weighted by molar-refractivity contribution is -0.157. The van der Waals surface area contributed by atoms with Gasteiger partial charge in [0.1, 0.15) is 17.4 Å². The molecule has 0 saturated heterocycles. The van der Waals surface area contributed by atoms with Crippen LogP contribution in [0.1, 0.15) is 54.2 Å². The number of carbonyl (C=O) groups excluding carboxylic acids is 2. The van der Waals surface area contributed by atoms with Gasteiger partial charge in [-0.15, -0.1) is 0 Å². The number of amides is 1. The van der Waals surface area contributed by atoms with Crippen molar-refractivity contribution in [2.75, 3.05) is 5.73 Å². The van der Waals surface area contributed by atoms with E-state index in [1.54, 1.807) is 45.0 Å². The molecule has 1 atom stereocenters. The molecule has 6 heteroatoms. The molecule has 0 aliphatic rings. The Morgan fingerprint density at radius 1 is 0.886 bits per heavy atom. The summed E-state index contributed by atoms with van der Waals surface area (Å²) in [6.07, 6.45) is 2.46. The van der Waals surface area contributed by atoms with E-state index in [1.807, 2.05) is 48.5 Å². The highest BCUT2D eigenvalue weighted by atomic mass is 16.6. The maximum absolute atomic E-state index is 13.2. The quantitative estimate of drug-likeness (QED) is 0.304. The van der Waals surface area contributed by atoms with E-state index in [2.05, 4.69) is 5.32 Å². The van der Waals surface area contributed by atoms with Crippen molar-refractivity contribution < 1.29 is 19.4 Å². The lowest BCUT2D eigenvalue weighted by Gasteiger charge is -2.25. The molecule has 0 aliphatic heterocycles. The molecule has 0 fully saturated rings. The smallest absolute Gasteiger partial charge is 0.329 e. The second-order valence-corrected chi connectivity index (χ2v) is 9.71. The molecule has 0 unspecified atom stereocenters. The molecule has 35 heavy (non-hydrogen) atoms. The molecule has 184 valence electrons. The van der Waals surface area contributed by atoms with Gasteiger partial charge in [-0.2, -0.15) is 0 Å². The Hall–Kier alpha value is -3.80. The summed E-state index contributed by atoms with van der Waals surface area (Å²) in [6, 6.07) is 21.3. The number of aryl methyl sites for hydroxylation is 3. The number of hydrogen-bond acceptors (Lipinski definition) is 5. The maximum atomic E-state index is 13.2. The first-order valence-electron chi connectivity index (χ1n) is 11.8. The maximum Gasteiger partial charge on any atom is 0.329 e. The van der Waals surface area contributed by atoms with E-state index in [0.29, 0.717) is 30.5 Å². The van der Waals surface area contributed by atoms with Gasteiger partial charge in [0.05, 0.1) is 0 Å². The minimum Gasteiger partial charge on any atom is -0.508 e. The van der Waals surface area contributed by atoms with Crippen LogP contribution in [-0.4, -0.2) is 28.6 Å². The average Bonchev–Trinajstić information content (AvgIpc) is 2.80. The van der Waals surface area contributed by atoms with Crippen LogP contribution in [0.4, 0.5) is 5.69 Å². The zero-order valence-corrected chi connectivity index (χ0v) is 20.6.